The van der Waals surface area contributed by atoms with Gasteiger partial charge in [-0.3, -0.25) is 10.1 Å². The van der Waals surface area contributed by atoms with Crippen LogP contribution in [-0.4, -0.2) is 54.6 Å². The molecule has 1 amide bonds. The van der Waals surface area contributed by atoms with E-state index < -0.39 is 0 Å². The van der Waals surface area contributed by atoms with E-state index in [-0.39, 0.29) is 12.2 Å². The van der Waals surface area contributed by atoms with Crippen molar-refractivity contribution >= 4 is 5.91 Å². The van der Waals surface area contributed by atoms with Crippen LogP contribution in [0.5, 0.6) is 0 Å². The average Bonchev–Trinajstić information content (AvgIpc) is 2.88. The Hall–Kier alpha value is -0.610. The van der Waals surface area contributed by atoms with Gasteiger partial charge in [0.05, 0.1) is 12.2 Å². The molecule has 3 unspecified atom stereocenters. The summed E-state index contributed by atoms with van der Waals surface area (Å²) in [5, 5.41) is 3.49. The van der Waals surface area contributed by atoms with E-state index in [0.717, 1.165) is 32.4 Å². The molecule has 2 aliphatic heterocycles. The van der Waals surface area contributed by atoms with Crippen molar-refractivity contribution in [3.63, 3.8) is 0 Å². The zero-order valence-corrected chi connectivity index (χ0v) is 12.0. The minimum atomic E-state index is 0.0562. The van der Waals surface area contributed by atoms with Crippen LogP contribution in [-0.2, 0) is 4.79 Å². The van der Waals surface area contributed by atoms with Crippen LogP contribution in [0.4, 0.5) is 0 Å². The molecule has 0 aromatic rings. The van der Waals surface area contributed by atoms with Crippen molar-refractivity contribution in [2.45, 2.75) is 51.7 Å². The minimum Gasteiger partial charge on any atom is -0.325 e. The van der Waals surface area contributed by atoms with Crippen LogP contribution in [0.1, 0.15) is 39.5 Å². The molecule has 2 rings (SSSR count). The second-order valence-corrected chi connectivity index (χ2v) is 5.84. The first-order valence-corrected chi connectivity index (χ1v) is 7.40. The van der Waals surface area contributed by atoms with Crippen molar-refractivity contribution in [2.24, 2.45) is 5.92 Å². The van der Waals surface area contributed by atoms with E-state index in [4.69, 9.17) is 0 Å². The van der Waals surface area contributed by atoms with Gasteiger partial charge < -0.3 is 9.80 Å². The molecule has 2 aliphatic rings. The molecule has 4 nitrogen and oxygen atoms in total. The highest BCUT2D eigenvalue weighted by Gasteiger charge is 2.38. The Labute approximate surface area is 111 Å². The van der Waals surface area contributed by atoms with Crippen LogP contribution in [0, 0.1) is 5.92 Å². The molecule has 18 heavy (non-hydrogen) atoms. The number of hydrogen-bond acceptors (Lipinski definition) is 3. The van der Waals surface area contributed by atoms with Crippen molar-refractivity contribution < 1.29 is 4.79 Å². The van der Waals surface area contributed by atoms with Gasteiger partial charge in [-0.05, 0) is 38.8 Å². The summed E-state index contributed by atoms with van der Waals surface area (Å²) in [6.07, 6.45) is 4.61. The van der Waals surface area contributed by atoms with E-state index >= 15 is 0 Å². The van der Waals surface area contributed by atoms with Gasteiger partial charge in [-0.15, -0.1) is 0 Å². The lowest BCUT2D eigenvalue weighted by molar-refractivity contribution is -0.130. The van der Waals surface area contributed by atoms with Crippen molar-refractivity contribution in [2.75, 3.05) is 26.7 Å². The number of nitrogens with zero attached hydrogens (tertiary/aromatic N) is 2. The smallest absolute Gasteiger partial charge is 0.241 e. The van der Waals surface area contributed by atoms with Crippen LogP contribution in [0.2, 0.25) is 0 Å². The third kappa shape index (κ3) is 2.86. The molecular formula is C14H27N3O. The van der Waals surface area contributed by atoms with E-state index in [2.05, 4.69) is 36.0 Å². The topological polar surface area (TPSA) is 35.6 Å². The molecule has 2 fully saturated rings. The molecule has 3 atom stereocenters. The predicted octanol–water partition coefficient (Wildman–Crippen LogP) is 1.27. The number of hydrogen-bond donors (Lipinski definition) is 1. The van der Waals surface area contributed by atoms with E-state index in [1.54, 1.807) is 0 Å². The fourth-order valence-corrected chi connectivity index (χ4v) is 3.22. The lowest BCUT2D eigenvalue weighted by Gasteiger charge is -2.26. The number of likely N-dealkylation sites (tertiary alicyclic amines) is 1. The zero-order chi connectivity index (χ0) is 13.1. The van der Waals surface area contributed by atoms with Gasteiger partial charge in [0.15, 0.2) is 0 Å². The summed E-state index contributed by atoms with van der Waals surface area (Å²) >= 11 is 0. The highest BCUT2D eigenvalue weighted by Crippen LogP contribution is 2.22. The normalized spacial score (nSPS) is 33.6. The average molecular weight is 253 g/mol. The fraction of sp³-hybridized carbons (Fsp3) is 0.929. The van der Waals surface area contributed by atoms with Gasteiger partial charge in [0.2, 0.25) is 5.91 Å². The van der Waals surface area contributed by atoms with Crippen LogP contribution in [0.3, 0.4) is 0 Å². The largest absolute Gasteiger partial charge is 0.325 e. The van der Waals surface area contributed by atoms with Crippen LogP contribution in [0.25, 0.3) is 0 Å². The van der Waals surface area contributed by atoms with Gasteiger partial charge in [0.1, 0.15) is 0 Å². The number of carbonyl (C=O) groups is 1. The first-order valence-electron chi connectivity index (χ1n) is 7.40. The lowest BCUT2D eigenvalue weighted by Crippen LogP contribution is -2.40. The lowest BCUT2D eigenvalue weighted by atomic mass is 10.1. The third-order valence-corrected chi connectivity index (χ3v) is 4.27. The van der Waals surface area contributed by atoms with E-state index in [1.807, 2.05) is 0 Å². The first-order chi connectivity index (χ1) is 8.65. The predicted molar refractivity (Wildman–Crippen MR) is 73.2 cm³/mol. The summed E-state index contributed by atoms with van der Waals surface area (Å²) < 4.78 is 0. The second-order valence-electron chi connectivity index (χ2n) is 5.84. The maximum atomic E-state index is 12.3. The van der Waals surface area contributed by atoms with E-state index in [0.29, 0.717) is 11.8 Å². The van der Waals surface area contributed by atoms with Crippen molar-refractivity contribution in [3.05, 3.63) is 0 Å². The maximum absolute atomic E-state index is 12.3. The van der Waals surface area contributed by atoms with Crippen LogP contribution < -0.4 is 5.32 Å². The van der Waals surface area contributed by atoms with Gasteiger partial charge in [0, 0.05) is 13.1 Å². The molecule has 2 heterocycles. The standard InChI is InChI=1S/C14H27N3O/c1-4-6-13-15-12(5-2)14(18)17(13)10-11-7-8-16(3)9-11/h11-13,15H,4-10H2,1-3H3. The van der Waals surface area contributed by atoms with Crippen molar-refractivity contribution in [3.8, 4) is 0 Å². The van der Waals surface area contributed by atoms with Crippen LogP contribution >= 0.6 is 0 Å². The minimum absolute atomic E-state index is 0.0562. The summed E-state index contributed by atoms with van der Waals surface area (Å²) in [5.74, 6) is 0.987. The molecule has 2 saturated heterocycles. The Kier molecular flexibility index (Phi) is 4.62. The summed E-state index contributed by atoms with van der Waals surface area (Å²) in [5.41, 5.74) is 0. The van der Waals surface area contributed by atoms with Crippen LogP contribution in [0.15, 0.2) is 0 Å². The molecule has 0 aliphatic carbocycles. The molecule has 0 saturated carbocycles. The van der Waals surface area contributed by atoms with E-state index in [9.17, 15) is 4.79 Å². The monoisotopic (exact) mass is 253 g/mol. The summed E-state index contributed by atoms with van der Waals surface area (Å²) in [4.78, 5) is 16.8. The molecule has 0 radical (unpaired) electrons. The van der Waals surface area contributed by atoms with Gasteiger partial charge in [0.25, 0.3) is 0 Å². The maximum Gasteiger partial charge on any atom is 0.241 e. The molecule has 0 aromatic carbocycles. The Bertz CT molecular complexity index is 295. The van der Waals surface area contributed by atoms with Gasteiger partial charge in [-0.2, -0.15) is 0 Å². The Morgan fingerprint density at radius 2 is 2.17 bits per heavy atom. The number of amides is 1. The highest BCUT2D eigenvalue weighted by molar-refractivity contribution is 5.84. The summed E-state index contributed by atoms with van der Waals surface area (Å²) in [6, 6.07) is 0.0562. The fourth-order valence-electron chi connectivity index (χ4n) is 3.22. The quantitative estimate of drug-likeness (QED) is 0.801. The van der Waals surface area contributed by atoms with E-state index in [1.165, 1.54) is 13.0 Å². The molecule has 1 N–H and O–H groups in total. The Balaban J connectivity index is 1.96. The second kappa shape index (κ2) is 6.02. The molecular weight excluding hydrogens is 226 g/mol. The number of nitrogens with one attached hydrogen (secondary N) is 1. The summed E-state index contributed by atoms with van der Waals surface area (Å²) in [6.45, 7) is 7.53. The number of carbonyl (C=O) groups excluding carboxylic acids is 1. The molecule has 0 aromatic heterocycles. The summed E-state index contributed by atoms with van der Waals surface area (Å²) in [7, 11) is 2.17. The number of rotatable bonds is 5. The first kappa shape index (κ1) is 13.8. The molecule has 0 spiro atoms. The SMILES string of the molecule is CCCC1NC(CC)C(=O)N1CC1CCN(C)C1. The third-order valence-electron chi connectivity index (χ3n) is 4.27. The van der Waals surface area contributed by atoms with Gasteiger partial charge >= 0.3 is 0 Å². The zero-order valence-electron chi connectivity index (χ0n) is 12.0. The molecule has 104 valence electrons. The van der Waals surface area contributed by atoms with Crippen molar-refractivity contribution in [1.29, 1.82) is 0 Å². The Morgan fingerprint density at radius 3 is 2.72 bits per heavy atom. The highest BCUT2D eigenvalue weighted by atomic mass is 16.2. The Morgan fingerprint density at radius 1 is 1.39 bits per heavy atom. The molecule has 0 bridgehead atoms. The van der Waals surface area contributed by atoms with Gasteiger partial charge in [-0.25, -0.2) is 0 Å². The van der Waals surface area contributed by atoms with Crippen molar-refractivity contribution in [1.82, 2.24) is 15.1 Å². The molecule has 4 heteroatoms. The van der Waals surface area contributed by atoms with Gasteiger partial charge in [-0.1, -0.05) is 20.3 Å².